The molecule has 0 aliphatic rings. The molecule has 0 unspecified atom stereocenters. The maximum atomic E-state index is 4.61. The smallest absolute Gasteiger partial charge is 0.188 e. The van der Waals surface area contributed by atoms with Gasteiger partial charge in [0.15, 0.2) is 5.16 Å². The zero-order valence-corrected chi connectivity index (χ0v) is 14.7. The van der Waals surface area contributed by atoms with Crippen molar-refractivity contribution in [3.8, 4) is 0 Å². The van der Waals surface area contributed by atoms with Crippen LogP contribution in [0.2, 0.25) is 0 Å². The number of aryl methyl sites for hydroxylation is 4. The van der Waals surface area contributed by atoms with E-state index in [-0.39, 0.29) is 0 Å². The molecule has 0 radical (unpaired) electrons. The van der Waals surface area contributed by atoms with Crippen molar-refractivity contribution in [3.05, 3.63) is 33.3 Å². The Balaban J connectivity index is 2.20. The summed E-state index contributed by atoms with van der Waals surface area (Å²) in [5.41, 5.74) is 4.34. The molecule has 0 fully saturated rings. The van der Waals surface area contributed by atoms with Gasteiger partial charge in [0.05, 0.1) is 15.9 Å². The van der Waals surface area contributed by atoms with Crippen LogP contribution in [0.15, 0.2) is 15.7 Å². The first-order valence-electron chi connectivity index (χ1n) is 6.74. The number of nitrogens with zero attached hydrogens (tertiary/aromatic N) is 4. The standard InChI is InChI=1S/C14H19BrN4S/c1-5-11-13(15)12(19(6-2)18-11)8-20-14-16-9(3)7-10(4)17-14/h7H,5-6,8H2,1-4H3. The molecule has 2 aromatic heterocycles. The second-order valence-electron chi connectivity index (χ2n) is 4.60. The van der Waals surface area contributed by atoms with Gasteiger partial charge in [-0.3, -0.25) is 4.68 Å². The lowest BCUT2D eigenvalue weighted by molar-refractivity contribution is 0.627. The van der Waals surface area contributed by atoms with Crippen LogP contribution in [0.25, 0.3) is 0 Å². The lowest BCUT2D eigenvalue weighted by Crippen LogP contribution is -2.02. The summed E-state index contributed by atoms with van der Waals surface area (Å²) < 4.78 is 3.18. The van der Waals surface area contributed by atoms with Crippen molar-refractivity contribution in [2.24, 2.45) is 0 Å². The van der Waals surface area contributed by atoms with Crippen LogP contribution >= 0.6 is 27.7 Å². The van der Waals surface area contributed by atoms with Crippen LogP contribution in [0.1, 0.15) is 36.6 Å². The van der Waals surface area contributed by atoms with Gasteiger partial charge in [0.2, 0.25) is 0 Å². The summed E-state index contributed by atoms with van der Waals surface area (Å²) >= 11 is 5.32. The maximum absolute atomic E-state index is 4.61. The minimum Gasteiger partial charge on any atom is -0.268 e. The molecule has 0 aliphatic carbocycles. The van der Waals surface area contributed by atoms with E-state index >= 15 is 0 Å². The zero-order valence-electron chi connectivity index (χ0n) is 12.3. The van der Waals surface area contributed by atoms with E-state index < -0.39 is 0 Å². The SMILES string of the molecule is CCc1nn(CC)c(CSc2nc(C)cc(C)n2)c1Br. The Morgan fingerprint density at radius 2 is 1.85 bits per heavy atom. The summed E-state index contributed by atoms with van der Waals surface area (Å²) in [6, 6.07) is 1.99. The number of thioether (sulfide) groups is 1. The van der Waals surface area contributed by atoms with Crippen molar-refractivity contribution < 1.29 is 0 Å². The van der Waals surface area contributed by atoms with Crippen molar-refractivity contribution in [2.45, 2.75) is 51.6 Å². The molecule has 0 aromatic carbocycles. The third-order valence-corrected chi connectivity index (χ3v) is 4.77. The molecular formula is C14H19BrN4S. The Morgan fingerprint density at radius 3 is 2.40 bits per heavy atom. The average molecular weight is 355 g/mol. The van der Waals surface area contributed by atoms with Gasteiger partial charge in [-0.15, -0.1) is 0 Å². The third kappa shape index (κ3) is 3.41. The Morgan fingerprint density at radius 1 is 1.20 bits per heavy atom. The molecule has 2 heterocycles. The number of aromatic nitrogens is 4. The molecule has 0 spiro atoms. The summed E-state index contributed by atoms with van der Waals surface area (Å²) in [4.78, 5) is 8.94. The van der Waals surface area contributed by atoms with Crippen molar-refractivity contribution in [3.63, 3.8) is 0 Å². The van der Waals surface area contributed by atoms with Gasteiger partial charge in [0.1, 0.15) is 0 Å². The molecule has 0 aliphatic heterocycles. The molecule has 0 amide bonds. The highest BCUT2D eigenvalue weighted by molar-refractivity contribution is 9.10. The van der Waals surface area contributed by atoms with Crippen molar-refractivity contribution in [2.75, 3.05) is 0 Å². The van der Waals surface area contributed by atoms with Crippen LogP contribution in [-0.4, -0.2) is 19.7 Å². The minimum atomic E-state index is 0.824. The van der Waals surface area contributed by atoms with Crippen LogP contribution in [0, 0.1) is 13.8 Å². The van der Waals surface area contributed by atoms with Gasteiger partial charge in [-0.2, -0.15) is 5.10 Å². The number of halogens is 1. The van der Waals surface area contributed by atoms with Crippen molar-refractivity contribution in [1.82, 2.24) is 19.7 Å². The van der Waals surface area contributed by atoms with E-state index in [4.69, 9.17) is 0 Å². The molecule has 0 saturated carbocycles. The first kappa shape index (κ1) is 15.5. The normalized spacial score (nSPS) is 11.1. The van der Waals surface area contributed by atoms with E-state index in [1.807, 2.05) is 19.9 Å². The minimum absolute atomic E-state index is 0.824. The second-order valence-corrected chi connectivity index (χ2v) is 6.33. The van der Waals surface area contributed by atoms with Gasteiger partial charge in [0, 0.05) is 23.7 Å². The fourth-order valence-corrected chi connectivity index (χ4v) is 3.91. The van der Waals surface area contributed by atoms with Gasteiger partial charge >= 0.3 is 0 Å². The fourth-order valence-electron chi connectivity index (χ4n) is 2.05. The molecule has 2 rings (SSSR count). The van der Waals surface area contributed by atoms with Gasteiger partial charge in [-0.1, -0.05) is 18.7 Å². The summed E-state index contributed by atoms with van der Waals surface area (Å²) in [5.74, 6) is 0.824. The van der Waals surface area contributed by atoms with E-state index in [1.54, 1.807) is 11.8 Å². The second kappa shape index (κ2) is 6.72. The molecule has 2 aromatic rings. The molecule has 0 N–H and O–H groups in total. The predicted octanol–water partition coefficient (Wildman–Crippen LogP) is 3.93. The molecule has 0 bridgehead atoms. The van der Waals surface area contributed by atoms with Crippen LogP contribution < -0.4 is 0 Å². The quantitative estimate of drug-likeness (QED) is 0.602. The van der Waals surface area contributed by atoms with Crippen LogP contribution in [0.5, 0.6) is 0 Å². The van der Waals surface area contributed by atoms with Gasteiger partial charge in [-0.05, 0) is 49.2 Å². The largest absolute Gasteiger partial charge is 0.268 e. The molecule has 20 heavy (non-hydrogen) atoms. The number of hydrogen-bond donors (Lipinski definition) is 0. The molecule has 108 valence electrons. The van der Waals surface area contributed by atoms with Gasteiger partial charge < -0.3 is 0 Å². The van der Waals surface area contributed by atoms with Crippen molar-refractivity contribution >= 4 is 27.7 Å². The number of rotatable bonds is 5. The first-order valence-corrected chi connectivity index (χ1v) is 8.52. The van der Waals surface area contributed by atoms with E-state index in [0.29, 0.717) is 0 Å². The summed E-state index contributed by atoms with van der Waals surface area (Å²) in [6.07, 6.45) is 0.936. The fraction of sp³-hybridized carbons (Fsp3) is 0.500. The first-order chi connectivity index (χ1) is 9.55. The predicted molar refractivity (Wildman–Crippen MR) is 86.0 cm³/mol. The summed E-state index contributed by atoms with van der Waals surface area (Å²) in [6.45, 7) is 9.11. The summed E-state index contributed by atoms with van der Waals surface area (Å²) in [7, 11) is 0. The Kier molecular flexibility index (Phi) is 5.21. The molecular weight excluding hydrogens is 336 g/mol. The lowest BCUT2D eigenvalue weighted by Gasteiger charge is -2.06. The Bertz CT molecular complexity index is 589. The highest BCUT2D eigenvalue weighted by Crippen LogP contribution is 2.28. The number of hydrogen-bond acceptors (Lipinski definition) is 4. The Labute approximate surface area is 132 Å². The topological polar surface area (TPSA) is 43.6 Å². The lowest BCUT2D eigenvalue weighted by atomic mass is 10.3. The third-order valence-electron chi connectivity index (χ3n) is 2.99. The molecule has 6 heteroatoms. The highest BCUT2D eigenvalue weighted by atomic mass is 79.9. The van der Waals surface area contributed by atoms with Gasteiger partial charge in [0.25, 0.3) is 0 Å². The van der Waals surface area contributed by atoms with Gasteiger partial charge in [-0.25, -0.2) is 9.97 Å². The maximum Gasteiger partial charge on any atom is 0.188 e. The van der Waals surface area contributed by atoms with E-state index in [1.165, 1.54) is 5.69 Å². The molecule has 0 saturated heterocycles. The van der Waals surface area contributed by atoms with Crippen LogP contribution in [0.3, 0.4) is 0 Å². The van der Waals surface area contributed by atoms with E-state index in [0.717, 1.165) is 45.4 Å². The van der Waals surface area contributed by atoms with Crippen LogP contribution in [-0.2, 0) is 18.7 Å². The van der Waals surface area contributed by atoms with E-state index in [2.05, 4.69) is 49.5 Å². The summed E-state index contributed by atoms with van der Waals surface area (Å²) in [5, 5.41) is 5.44. The molecule has 0 atom stereocenters. The average Bonchev–Trinajstić information content (AvgIpc) is 2.71. The monoisotopic (exact) mass is 354 g/mol. The van der Waals surface area contributed by atoms with Crippen molar-refractivity contribution in [1.29, 1.82) is 0 Å². The van der Waals surface area contributed by atoms with Crippen LogP contribution in [0.4, 0.5) is 0 Å². The Hall–Kier alpha value is -0.880. The zero-order chi connectivity index (χ0) is 14.7. The van der Waals surface area contributed by atoms with E-state index in [9.17, 15) is 0 Å². The molecule has 4 nitrogen and oxygen atoms in total. The highest BCUT2D eigenvalue weighted by Gasteiger charge is 2.14.